The lowest BCUT2D eigenvalue weighted by molar-refractivity contribution is -0.159. The lowest BCUT2D eigenvalue weighted by Gasteiger charge is -2.45. The second kappa shape index (κ2) is 4.64. The molecule has 1 amide bonds. The van der Waals surface area contributed by atoms with Gasteiger partial charge >= 0.3 is 5.97 Å². The lowest BCUT2D eigenvalue weighted by Crippen LogP contribution is -2.60. The number of carbonyl (C=O) groups is 2. The quantitative estimate of drug-likeness (QED) is 0.745. The van der Waals surface area contributed by atoms with Gasteiger partial charge in [0.05, 0.1) is 11.3 Å². The monoisotopic (exact) mass is 240 g/mol. The fraction of sp³-hybridized carbons (Fsp3) is 0.833. The predicted molar refractivity (Wildman–Crippen MR) is 62.5 cm³/mol. The summed E-state index contributed by atoms with van der Waals surface area (Å²) in [6.45, 7) is 4.52. The van der Waals surface area contributed by atoms with Gasteiger partial charge in [0.25, 0.3) is 0 Å². The van der Waals surface area contributed by atoms with Crippen molar-refractivity contribution >= 4 is 11.9 Å². The van der Waals surface area contributed by atoms with Crippen molar-refractivity contribution in [2.45, 2.75) is 26.2 Å². The third-order valence-electron chi connectivity index (χ3n) is 4.12. The number of carbonyl (C=O) groups excluding carboxylic acids is 1. The van der Waals surface area contributed by atoms with E-state index in [0.717, 1.165) is 32.4 Å². The molecule has 0 aromatic heterocycles. The molecule has 2 aliphatic heterocycles. The number of rotatable bonds is 3. The van der Waals surface area contributed by atoms with Gasteiger partial charge in [0.2, 0.25) is 5.91 Å². The highest BCUT2D eigenvalue weighted by Gasteiger charge is 2.45. The van der Waals surface area contributed by atoms with Gasteiger partial charge in [-0.2, -0.15) is 0 Å². The van der Waals surface area contributed by atoms with Crippen LogP contribution >= 0.6 is 0 Å². The molecule has 2 aliphatic rings. The molecule has 0 aromatic carbocycles. The number of hydrogen-bond acceptors (Lipinski definition) is 3. The summed E-state index contributed by atoms with van der Waals surface area (Å²) < 4.78 is 0. The lowest BCUT2D eigenvalue weighted by atomic mass is 9.76. The first-order valence-electron chi connectivity index (χ1n) is 6.32. The van der Waals surface area contributed by atoms with Crippen LogP contribution in [0.1, 0.15) is 26.2 Å². The Labute approximate surface area is 101 Å². The zero-order chi connectivity index (χ0) is 12.5. The molecule has 2 fully saturated rings. The zero-order valence-corrected chi connectivity index (χ0v) is 10.2. The number of hydrogen-bond donors (Lipinski definition) is 2. The number of piperidine rings is 1. The van der Waals surface area contributed by atoms with Crippen LogP contribution in [0.3, 0.4) is 0 Å². The minimum absolute atomic E-state index is 0.143. The SMILES string of the molecule is CCC1(C(=O)N2CC(C(=O)O)C2)CCCNC1. The molecule has 0 bridgehead atoms. The fourth-order valence-corrected chi connectivity index (χ4v) is 2.74. The van der Waals surface area contributed by atoms with Crippen LogP contribution in [0.4, 0.5) is 0 Å². The maximum absolute atomic E-state index is 12.4. The van der Waals surface area contributed by atoms with Crippen molar-refractivity contribution in [2.75, 3.05) is 26.2 Å². The van der Waals surface area contributed by atoms with E-state index in [4.69, 9.17) is 5.11 Å². The maximum Gasteiger partial charge on any atom is 0.310 e. The molecule has 0 aliphatic carbocycles. The van der Waals surface area contributed by atoms with Gasteiger partial charge in [0.1, 0.15) is 0 Å². The molecule has 5 nitrogen and oxygen atoms in total. The summed E-state index contributed by atoms with van der Waals surface area (Å²) in [6.07, 6.45) is 2.77. The summed E-state index contributed by atoms with van der Waals surface area (Å²) >= 11 is 0. The van der Waals surface area contributed by atoms with Crippen molar-refractivity contribution in [2.24, 2.45) is 11.3 Å². The number of amides is 1. The molecule has 17 heavy (non-hydrogen) atoms. The standard InChI is InChI=1S/C12H20N2O3/c1-2-12(4-3-5-13-8-12)11(17)14-6-9(7-14)10(15)16/h9,13H,2-8H2,1H3,(H,15,16). The number of carboxylic acids is 1. The third-order valence-corrected chi connectivity index (χ3v) is 4.12. The van der Waals surface area contributed by atoms with Gasteiger partial charge in [-0.05, 0) is 25.8 Å². The first-order chi connectivity index (χ1) is 8.09. The first kappa shape index (κ1) is 12.4. The number of likely N-dealkylation sites (tertiary alicyclic amines) is 1. The molecule has 2 rings (SSSR count). The highest BCUT2D eigenvalue weighted by Crippen LogP contribution is 2.34. The molecule has 5 heteroatoms. The molecule has 2 saturated heterocycles. The second-order valence-electron chi connectivity index (χ2n) is 5.16. The zero-order valence-electron chi connectivity index (χ0n) is 10.2. The topological polar surface area (TPSA) is 69.6 Å². The Morgan fingerprint density at radius 2 is 2.18 bits per heavy atom. The van der Waals surface area contributed by atoms with Crippen LogP contribution in [-0.4, -0.2) is 48.1 Å². The molecule has 1 unspecified atom stereocenters. The van der Waals surface area contributed by atoms with Crippen molar-refractivity contribution in [3.05, 3.63) is 0 Å². The highest BCUT2D eigenvalue weighted by atomic mass is 16.4. The van der Waals surface area contributed by atoms with Gasteiger partial charge in [-0.25, -0.2) is 0 Å². The van der Waals surface area contributed by atoms with E-state index in [9.17, 15) is 9.59 Å². The van der Waals surface area contributed by atoms with Gasteiger partial charge in [-0.3, -0.25) is 9.59 Å². The Morgan fingerprint density at radius 3 is 2.65 bits per heavy atom. The Balaban J connectivity index is 1.97. The summed E-state index contributed by atoms with van der Waals surface area (Å²) in [5.74, 6) is -1.00. The summed E-state index contributed by atoms with van der Waals surface area (Å²) in [4.78, 5) is 24.8. The summed E-state index contributed by atoms with van der Waals surface area (Å²) in [5.41, 5.74) is -0.290. The Hall–Kier alpha value is -1.10. The van der Waals surface area contributed by atoms with Crippen LogP contribution in [0.15, 0.2) is 0 Å². The van der Waals surface area contributed by atoms with Gasteiger partial charge in [0, 0.05) is 19.6 Å². The average Bonchev–Trinajstić information content (AvgIpc) is 2.27. The highest BCUT2D eigenvalue weighted by molar-refractivity contribution is 5.86. The first-order valence-corrected chi connectivity index (χ1v) is 6.32. The summed E-state index contributed by atoms with van der Waals surface area (Å²) in [6, 6.07) is 0. The van der Waals surface area contributed by atoms with E-state index in [1.807, 2.05) is 6.92 Å². The van der Waals surface area contributed by atoms with Crippen molar-refractivity contribution in [1.82, 2.24) is 10.2 Å². The summed E-state index contributed by atoms with van der Waals surface area (Å²) in [5, 5.41) is 12.1. The molecule has 2 N–H and O–H groups in total. The Kier molecular flexibility index (Phi) is 3.38. The largest absolute Gasteiger partial charge is 0.481 e. The van der Waals surface area contributed by atoms with E-state index < -0.39 is 5.97 Å². The fourth-order valence-electron chi connectivity index (χ4n) is 2.74. The molecular weight excluding hydrogens is 220 g/mol. The van der Waals surface area contributed by atoms with Gasteiger partial charge in [-0.1, -0.05) is 6.92 Å². The number of aliphatic carboxylic acids is 1. The van der Waals surface area contributed by atoms with E-state index >= 15 is 0 Å². The maximum atomic E-state index is 12.4. The van der Waals surface area contributed by atoms with E-state index in [2.05, 4.69) is 5.32 Å². The van der Waals surface area contributed by atoms with Crippen molar-refractivity contribution in [1.29, 1.82) is 0 Å². The average molecular weight is 240 g/mol. The van der Waals surface area contributed by atoms with Crippen LogP contribution < -0.4 is 5.32 Å². The second-order valence-corrected chi connectivity index (χ2v) is 5.16. The number of nitrogens with zero attached hydrogens (tertiary/aromatic N) is 1. The van der Waals surface area contributed by atoms with Crippen LogP contribution in [-0.2, 0) is 9.59 Å². The smallest absolute Gasteiger partial charge is 0.310 e. The van der Waals surface area contributed by atoms with Crippen LogP contribution in [0.5, 0.6) is 0 Å². The third kappa shape index (κ3) is 2.16. The van der Waals surface area contributed by atoms with Crippen molar-refractivity contribution in [3.63, 3.8) is 0 Å². The molecule has 1 atom stereocenters. The summed E-state index contributed by atoms with van der Waals surface area (Å²) in [7, 11) is 0. The minimum atomic E-state index is -0.790. The van der Waals surface area contributed by atoms with E-state index in [-0.39, 0.29) is 17.2 Å². The molecular formula is C12H20N2O3. The minimum Gasteiger partial charge on any atom is -0.481 e. The van der Waals surface area contributed by atoms with Crippen molar-refractivity contribution in [3.8, 4) is 0 Å². The molecule has 0 aromatic rings. The van der Waals surface area contributed by atoms with Gasteiger partial charge in [-0.15, -0.1) is 0 Å². The molecule has 2 heterocycles. The van der Waals surface area contributed by atoms with E-state index in [1.54, 1.807) is 4.90 Å². The molecule has 96 valence electrons. The number of carboxylic acid groups (broad SMARTS) is 1. The molecule has 0 saturated carbocycles. The van der Waals surface area contributed by atoms with Gasteiger partial charge < -0.3 is 15.3 Å². The molecule has 0 radical (unpaired) electrons. The van der Waals surface area contributed by atoms with Gasteiger partial charge in [0.15, 0.2) is 0 Å². The Morgan fingerprint density at radius 1 is 1.47 bits per heavy atom. The molecule has 0 spiro atoms. The van der Waals surface area contributed by atoms with E-state index in [0.29, 0.717) is 13.1 Å². The number of nitrogens with one attached hydrogen (secondary N) is 1. The predicted octanol–water partition coefficient (Wildman–Crippen LogP) is 0.309. The van der Waals surface area contributed by atoms with Crippen LogP contribution in [0.25, 0.3) is 0 Å². The van der Waals surface area contributed by atoms with Crippen molar-refractivity contribution < 1.29 is 14.7 Å². The van der Waals surface area contributed by atoms with E-state index in [1.165, 1.54) is 0 Å². The Bertz CT molecular complexity index is 318. The van der Waals surface area contributed by atoms with Crippen LogP contribution in [0.2, 0.25) is 0 Å². The van der Waals surface area contributed by atoms with Crippen LogP contribution in [0, 0.1) is 11.3 Å². The normalized spacial score (nSPS) is 29.8.